The van der Waals surface area contributed by atoms with Crippen LogP contribution >= 0.6 is 11.8 Å². The van der Waals surface area contributed by atoms with Gasteiger partial charge in [-0.25, -0.2) is 9.97 Å². The number of benzene rings is 1. The molecule has 98 valence electrons. The van der Waals surface area contributed by atoms with Gasteiger partial charge in [-0.1, -0.05) is 17.7 Å². The van der Waals surface area contributed by atoms with Crippen LogP contribution in [0.2, 0.25) is 0 Å². The molecule has 19 heavy (non-hydrogen) atoms. The SMILES string of the molecule is Cc1ccc(Sc2ncccn2)c(CNC2CC2)c1. The van der Waals surface area contributed by atoms with Crippen LogP contribution in [0.3, 0.4) is 0 Å². The first-order chi connectivity index (χ1) is 9.31. The maximum Gasteiger partial charge on any atom is 0.192 e. The second-order valence-electron chi connectivity index (χ2n) is 4.90. The number of aryl methyl sites for hydroxylation is 1. The molecule has 0 bridgehead atoms. The molecule has 0 spiro atoms. The summed E-state index contributed by atoms with van der Waals surface area (Å²) in [5, 5.41) is 4.38. The molecule has 0 unspecified atom stereocenters. The lowest BCUT2D eigenvalue weighted by molar-refractivity contribution is 0.680. The minimum Gasteiger partial charge on any atom is -0.310 e. The van der Waals surface area contributed by atoms with Crippen LogP contribution < -0.4 is 5.32 Å². The predicted octanol–water partition coefficient (Wildman–Crippen LogP) is 3.19. The number of nitrogens with zero attached hydrogens (tertiary/aromatic N) is 2. The molecule has 0 atom stereocenters. The lowest BCUT2D eigenvalue weighted by Gasteiger charge is -2.10. The van der Waals surface area contributed by atoms with Gasteiger partial charge in [-0.05, 0) is 49.2 Å². The van der Waals surface area contributed by atoms with E-state index in [4.69, 9.17) is 0 Å². The van der Waals surface area contributed by atoms with Crippen molar-refractivity contribution in [2.45, 2.75) is 42.4 Å². The van der Waals surface area contributed by atoms with E-state index in [1.807, 2.05) is 6.07 Å². The van der Waals surface area contributed by atoms with Gasteiger partial charge in [0.05, 0.1) is 0 Å². The zero-order chi connectivity index (χ0) is 13.1. The molecule has 1 aromatic heterocycles. The van der Waals surface area contributed by atoms with Gasteiger partial charge < -0.3 is 5.32 Å². The average molecular weight is 271 g/mol. The number of hydrogen-bond donors (Lipinski definition) is 1. The Morgan fingerprint density at radius 2 is 2.05 bits per heavy atom. The molecule has 1 aliphatic carbocycles. The van der Waals surface area contributed by atoms with Crippen LogP contribution in [0.15, 0.2) is 46.7 Å². The molecule has 0 saturated heterocycles. The molecule has 1 aliphatic rings. The summed E-state index contributed by atoms with van der Waals surface area (Å²) >= 11 is 1.63. The van der Waals surface area contributed by atoms with E-state index >= 15 is 0 Å². The van der Waals surface area contributed by atoms with Crippen LogP contribution in [-0.2, 0) is 6.54 Å². The van der Waals surface area contributed by atoms with E-state index in [-0.39, 0.29) is 0 Å². The van der Waals surface area contributed by atoms with Gasteiger partial charge in [-0.15, -0.1) is 0 Å². The highest BCUT2D eigenvalue weighted by Gasteiger charge is 2.20. The maximum absolute atomic E-state index is 4.28. The van der Waals surface area contributed by atoms with Crippen molar-refractivity contribution in [2.75, 3.05) is 0 Å². The van der Waals surface area contributed by atoms with E-state index in [9.17, 15) is 0 Å². The Kier molecular flexibility index (Phi) is 3.80. The summed E-state index contributed by atoms with van der Waals surface area (Å²) in [6, 6.07) is 9.13. The van der Waals surface area contributed by atoms with E-state index in [2.05, 4.69) is 40.4 Å². The fraction of sp³-hybridized carbons (Fsp3) is 0.333. The second kappa shape index (κ2) is 5.72. The lowest BCUT2D eigenvalue weighted by Crippen LogP contribution is -2.15. The molecule has 0 radical (unpaired) electrons. The zero-order valence-electron chi connectivity index (χ0n) is 11.0. The summed E-state index contributed by atoms with van der Waals surface area (Å²) in [6.07, 6.45) is 6.20. The van der Waals surface area contributed by atoms with Crippen LogP contribution in [-0.4, -0.2) is 16.0 Å². The molecule has 0 aliphatic heterocycles. The predicted molar refractivity (Wildman–Crippen MR) is 77.2 cm³/mol. The Morgan fingerprint density at radius 1 is 1.26 bits per heavy atom. The van der Waals surface area contributed by atoms with Crippen molar-refractivity contribution in [2.24, 2.45) is 0 Å². The van der Waals surface area contributed by atoms with E-state index in [1.165, 1.54) is 28.9 Å². The molecule has 1 N–H and O–H groups in total. The summed E-state index contributed by atoms with van der Waals surface area (Å²) in [5.41, 5.74) is 2.63. The van der Waals surface area contributed by atoms with Crippen molar-refractivity contribution >= 4 is 11.8 Å². The Hall–Kier alpha value is -1.39. The molecule has 1 aromatic carbocycles. The van der Waals surface area contributed by atoms with Crippen LogP contribution in [0.4, 0.5) is 0 Å². The van der Waals surface area contributed by atoms with Crippen LogP contribution in [0.1, 0.15) is 24.0 Å². The highest BCUT2D eigenvalue weighted by Crippen LogP contribution is 2.29. The highest BCUT2D eigenvalue weighted by molar-refractivity contribution is 7.99. The van der Waals surface area contributed by atoms with Crippen molar-refractivity contribution in [1.82, 2.24) is 15.3 Å². The maximum atomic E-state index is 4.28. The zero-order valence-corrected chi connectivity index (χ0v) is 11.8. The van der Waals surface area contributed by atoms with Gasteiger partial charge >= 0.3 is 0 Å². The molecule has 4 heteroatoms. The van der Waals surface area contributed by atoms with E-state index in [0.29, 0.717) is 0 Å². The standard InChI is InChI=1S/C15H17N3S/c1-11-3-6-14(19-15-16-7-2-8-17-15)12(9-11)10-18-13-4-5-13/h2-3,6-9,13,18H,4-5,10H2,1H3. The second-order valence-corrected chi connectivity index (χ2v) is 5.91. The number of nitrogens with one attached hydrogen (secondary N) is 1. The smallest absolute Gasteiger partial charge is 0.192 e. The third kappa shape index (κ3) is 3.55. The van der Waals surface area contributed by atoms with Gasteiger partial charge in [0.1, 0.15) is 0 Å². The molecule has 1 saturated carbocycles. The number of hydrogen-bond acceptors (Lipinski definition) is 4. The largest absolute Gasteiger partial charge is 0.310 e. The molecule has 0 amide bonds. The molecular formula is C15H17N3S. The fourth-order valence-electron chi connectivity index (χ4n) is 1.92. The Balaban J connectivity index is 1.78. The van der Waals surface area contributed by atoms with Crippen LogP contribution in [0.5, 0.6) is 0 Å². The van der Waals surface area contributed by atoms with Crippen molar-refractivity contribution in [1.29, 1.82) is 0 Å². The van der Waals surface area contributed by atoms with Crippen LogP contribution in [0, 0.1) is 6.92 Å². The first kappa shape index (κ1) is 12.6. The van der Waals surface area contributed by atoms with Gasteiger partial charge in [-0.2, -0.15) is 0 Å². The lowest BCUT2D eigenvalue weighted by atomic mass is 10.1. The van der Waals surface area contributed by atoms with Crippen molar-refractivity contribution in [3.63, 3.8) is 0 Å². The van der Waals surface area contributed by atoms with E-state index in [0.717, 1.165) is 17.7 Å². The molecule has 3 rings (SSSR count). The molecule has 2 aromatic rings. The Bertz CT molecular complexity index is 553. The third-order valence-electron chi connectivity index (χ3n) is 3.12. The molecule has 3 nitrogen and oxygen atoms in total. The minimum atomic E-state index is 0.728. The Morgan fingerprint density at radius 3 is 2.79 bits per heavy atom. The van der Waals surface area contributed by atoms with Gasteiger partial charge in [-0.3, -0.25) is 0 Å². The monoisotopic (exact) mass is 271 g/mol. The van der Waals surface area contributed by atoms with Crippen molar-refractivity contribution in [3.8, 4) is 0 Å². The summed E-state index contributed by atoms with van der Waals surface area (Å²) in [7, 11) is 0. The van der Waals surface area contributed by atoms with Gasteiger partial charge in [0.2, 0.25) is 0 Å². The number of aromatic nitrogens is 2. The highest BCUT2D eigenvalue weighted by atomic mass is 32.2. The summed E-state index contributed by atoms with van der Waals surface area (Å²) in [5.74, 6) is 0. The van der Waals surface area contributed by atoms with Crippen molar-refractivity contribution < 1.29 is 0 Å². The van der Waals surface area contributed by atoms with Crippen LogP contribution in [0.25, 0.3) is 0 Å². The topological polar surface area (TPSA) is 37.8 Å². The molecule has 1 heterocycles. The number of rotatable bonds is 5. The summed E-state index contributed by atoms with van der Waals surface area (Å²) < 4.78 is 0. The first-order valence-corrected chi connectivity index (χ1v) is 7.41. The van der Waals surface area contributed by atoms with Gasteiger partial charge in [0, 0.05) is 29.9 Å². The quantitative estimate of drug-likeness (QED) is 0.848. The summed E-state index contributed by atoms with van der Waals surface area (Å²) in [4.78, 5) is 9.79. The Labute approximate surface area is 117 Å². The van der Waals surface area contributed by atoms with Gasteiger partial charge in [0.25, 0.3) is 0 Å². The van der Waals surface area contributed by atoms with E-state index in [1.54, 1.807) is 24.2 Å². The summed E-state index contributed by atoms with van der Waals surface area (Å²) in [6.45, 7) is 3.07. The minimum absolute atomic E-state index is 0.728. The average Bonchev–Trinajstić information content (AvgIpc) is 3.24. The fourth-order valence-corrected chi connectivity index (χ4v) is 2.75. The first-order valence-electron chi connectivity index (χ1n) is 6.59. The third-order valence-corrected chi connectivity index (χ3v) is 4.13. The normalized spacial score (nSPS) is 14.6. The van der Waals surface area contributed by atoms with Crippen molar-refractivity contribution in [3.05, 3.63) is 47.8 Å². The van der Waals surface area contributed by atoms with E-state index < -0.39 is 0 Å². The van der Waals surface area contributed by atoms with Gasteiger partial charge in [0.15, 0.2) is 5.16 Å². The molecular weight excluding hydrogens is 254 g/mol. The molecule has 1 fully saturated rings.